The molecule has 6 heteroatoms. The average molecular weight is 276 g/mol. The molecule has 0 saturated heterocycles. The normalized spacial score (nSPS) is 14.4. The Labute approximate surface area is 116 Å². The molecule has 0 atom stereocenters. The number of aromatic nitrogens is 4. The molecule has 0 unspecified atom stereocenters. The van der Waals surface area contributed by atoms with Crippen LogP contribution in [-0.2, 0) is 26.5 Å². The fourth-order valence-corrected chi connectivity index (χ4v) is 3.31. The highest BCUT2D eigenvalue weighted by Gasteiger charge is 2.18. The van der Waals surface area contributed by atoms with Crippen LogP contribution in [0.1, 0.15) is 29.8 Å². The minimum absolute atomic E-state index is 0.00589. The molecule has 0 bridgehead atoms. The highest BCUT2D eigenvalue weighted by atomic mass is 32.2. The van der Waals surface area contributed by atoms with Crippen LogP contribution >= 0.6 is 11.8 Å². The molecule has 0 amide bonds. The van der Waals surface area contributed by atoms with Crippen molar-refractivity contribution in [1.82, 2.24) is 19.5 Å². The molecule has 1 aliphatic rings. The second kappa shape index (κ2) is 5.30. The van der Waals surface area contributed by atoms with Crippen LogP contribution in [0.5, 0.6) is 0 Å². The zero-order chi connectivity index (χ0) is 13.2. The van der Waals surface area contributed by atoms with Gasteiger partial charge < -0.3 is 9.67 Å². The third kappa shape index (κ3) is 2.37. The van der Waals surface area contributed by atoms with E-state index in [9.17, 15) is 5.11 Å². The predicted octanol–water partition coefficient (Wildman–Crippen LogP) is 1.73. The van der Waals surface area contributed by atoms with Crippen molar-refractivity contribution in [2.45, 2.75) is 42.5 Å². The maximum Gasteiger partial charge on any atom is 0.174 e. The summed E-state index contributed by atoms with van der Waals surface area (Å²) in [6.07, 6.45) is 7.86. The third-order valence-electron chi connectivity index (χ3n) is 3.48. The van der Waals surface area contributed by atoms with E-state index in [1.165, 1.54) is 24.1 Å². The number of aliphatic hydroxyl groups excluding tert-OH is 1. The summed E-state index contributed by atoms with van der Waals surface area (Å²) in [4.78, 5) is 13.1. The highest BCUT2D eigenvalue weighted by molar-refractivity contribution is 7.99. The molecule has 0 saturated carbocycles. The molecule has 3 rings (SSSR count). The van der Waals surface area contributed by atoms with Gasteiger partial charge in [-0.3, -0.25) is 0 Å². The summed E-state index contributed by atoms with van der Waals surface area (Å²) in [6, 6.07) is 0. The van der Waals surface area contributed by atoms with Gasteiger partial charge in [0, 0.05) is 18.3 Å². The molecule has 0 fully saturated rings. The van der Waals surface area contributed by atoms with Gasteiger partial charge in [-0.1, -0.05) is 0 Å². The lowest BCUT2D eigenvalue weighted by Crippen LogP contribution is -2.08. The van der Waals surface area contributed by atoms with Gasteiger partial charge in [0.05, 0.1) is 18.5 Å². The van der Waals surface area contributed by atoms with Crippen LogP contribution in [-0.4, -0.2) is 24.6 Å². The van der Waals surface area contributed by atoms with Crippen LogP contribution in [0.4, 0.5) is 0 Å². The molecule has 19 heavy (non-hydrogen) atoms. The first kappa shape index (κ1) is 12.6. The quantitative estimate of drug-likeness (QED) is 0.865. The summed E-state index contributed by atoms with van der Waals surface area (Å²) in [5.41, 5.74) is 3.26. The van der Waals surface area contributed by atoms with Crippen molar-refractivity contribution in [3.8, 4) is 0 Å². The Morgan fingerprint density at radius 3 is 2.89 bits per heavy atom. The predicted molar refractivity (Wildman–Crippen MR) is 71.9 cm³/mol. The molecule has 2 aromatic heterocycles. The minimum Gasteiger partial charge on any atom is -0.390 e. The summed E-state index contributed by atoms with van der Waals surface area (Å²) in [7, 11) is 1.91. The highest BCUT2D eigenvalue weighted by Crippen LogP contribution is 2.32. The van der Waals surface area contributed by atoms with E-state index in [-0.39, 0.29) is 6.61 Å². The van der Waals surface area contributed by atoms with Gasteiger partial charge in [0.15, 0.2) is 5.16 Å². The second-order valence-corrected chi connectivity index (χ2v) is 5.62. The van der Waals surface area contributed by atoms with Crippen LogP contribution in [0.3, 0.4) is 0 Å². The van der Waals surface area contributed by atoms with Gasteiger partial charge in [-0.05, 0) is 37.4 Å². The first-order chi connectivity index (χ1) is 9.29. The molecule has 0 aromatic carbocycles. The molecule has 0 radical (unpaired) electrons. The van der Waals surface area contributed by atoms with E-state index in [1.807, 2.05) is 11.6 Å². The molecule has 2 aromatic rings. The summed E-state index contributed by atoms with van der Waals surface area (Å²) < 4.78 is 1.90. The third-order valence-corrected chi connectivity index (χ3v) is 4.58. The number of nitrogens with zero attached hydrogens (tertiary/aromatic N) is 4. The Balaban J connectivity index is 1.93. The van der Waals surface area contributed by atoms with E-state index in [2.05, 4.69) is 15.0 Å². The first-order valence-electron chi connectivity index (χ1n) is 6.41. The van der Waals surface area contributed by atoms with Crippen LogP contribution in [0.2, 0.25) is 0 Å². The second-order valence-electron chi connectivity index (χ2n) is 4.66. The number of aliphatic hydroxyl groups is 1. The fourth-order valence-electron chi connectivity index (χ4n) is 2.33. The van der Waals surface area contributed by atoms with Crippen molar-refractivity contribution in [1.29, 1.82) is 0 Å². The van der Waals surface area contributed by atoms with Crippen LogP contribution in [0.25, 0.3) is 0 Å². The number of fused-ring (bicyclic) bond motifs is 1. The van der Waals surface area contributed by atoms with Gasteiger partial charge in [-0.15, -0.1) is 0 Å². The molecule has 1 aliphatic carbocycles. The summed E-state index contributed by atoms with van der Waals surface area (Å²) in [5, 5.41) is 11.1. The van der Waals surface area contributed by atoms with E-state index in [4.69, 9.17) is 0 Å². The van der Waals surface area contributed by atoms with Crippen molar-refractivity contribution in [2.24, 2.45) is 7.05 Å². The maximum absolute atomic E-state index is 9.19. The molecule has 0 aliphatic heterocycles. The standard InChI is InChI=1S/C13H16N4OS/c1-17-9(7-18)6-14-13(17)19-12-10-4-2-3-5-11(10)15-8-16-12/h6,8,18H,2-5,7H2,1H3. The molecule has 5 nitrogen and oxygen atoms in total. The van der Waals surface area contributed by atoms with E-state index < -0.39 is 0 Å². The Morgan fingerprint density at radius 1 is 1.26 bits per heavy atom. The largest absolute Gasteiger partial charge is 0.390 e. The van der Waals surface area contributed by atoms with Crippen LogP contribution < -0.4 is 0 Å². The van der Waals surface area contributed by atoms with Gasteiger partial charge in [-0.25, -0.2) is 15.0 Å². The zero-order valence-corrected chi connectivity index (χ0v) is 11.7. The zero-order valence-electron chi connectivity index (χ0n) is 10.8. The van der Waals surface area contributed by atoms with Crippen molar-refractivity contribution < 1.29 is 5.11 Å². The number of hydrogen-bond donors (Lipinski definition) is 1. The van der Waals surface area contributed by atoms with E-state index in [0.29, 0.717) is 0 Å². The van der Waals surface area contributed by atoms with Gasteiger partial charge >= 0.3 is 0 Å². The molecule has 2 heterocycles. The average Bonchev–Trinajstić information content (AvgIpc) is 2.80. The van der Waals surface area contributed by atoms with Crippen LogP contribution in [0.15, 0.2) is 22.7 Å². The lowest BCUT2D eigenvalue weighted by Gasteiger charge is -2.16. The van der Waals surface area contributed by atoms with Crippen molar-refractivity contribution >= 4 is 11.8 Å². The lowest BCUT2D eigenvalue weighted by atomic mass is 9.98. The van der Waals surface area contributed by atoms with E-state index in [1.54, 1.807) is 24.3 Å². The summed E-state index contributed by atoms with van der Waals surface area (Å²) in [6.45, 7) is 0.00589. The molecule has 0 spiro atoms. The van der Waals surface area contributed by atoms with Gasteiger partial charge in [0.2, 0.25) is 0 Å². The van der Waals surface area contributed by atoms with Crippen molar-refractivity contribution in [2.75, 3.05) is 0 Å². The first-order valence-corrected chi connectivity index (χ1v) is 7.23. The van der Waals surface area contributed by atoms with Crippen LogP contribution in [0, 0.1) is 0 Å². The van der Waals surface area contributed by atoms with Gasteiger partial charge in [0.1, 0.15) is 11.4 Å². The maximum atomic E-state index is 9.19. The SMILES string of the molecule is Cn1c(CO)cnc1Sc1ncnc2c1CCCC2. The smallest absolute Gasteiger partial charge is 0.174 e. The molecular weight excluding hydrogens is 260 g/mol. The molecular formula is C13H16N4OS. The minimum atomic E-state index is 0.00589. The number of rotatable bonds is 3. The van der Waals surface area contributed by atoms with Crippen molar-refractivity contribution in [3.05, 3.63) is 29.5 Å². The summed E-state index contributed by atoms with van der Waals surface area (Å²) >= 11 is 1.55. The molecule has 100 valence electrons. The number of hydrogen-bond acceptors (Lipinski definition) is 5. The lowest BCUT2D eigenvalue weighted by molar-refractivity contribution is 0.271. The van der Waals surface area contributed by atoms with E-state index >= 15 is 0 Å². The number of aryl methyl sites for hydroxylation is 1. The van der Waals surface area contributed by atoms with E-state index in [0.717, 1.165) is 28.7 Å². The Kier molecular flexibility index (Phi) is 3.52. The number of imidazole rings is 1. The van der Waals surface area contributed by atoms with Crippen molar-refractivity contribution in [3.63, 3.8) is 0 Å². The van der Waals surface area contributed by atoms with Gasteiger partial charge in [0.25, 0.3) is 0 Å². The summed E-state index contributed by atoms with van der Waals surface area (Å²) in [5.74, 6) is 0. The Hall–Kier alpha value is -1.40. The molecule has 1 N–H and O–H groups in total. The van der Waals surface area contributed by atoms with Gasteiger partial charge in [-0.2, -0.15) is 0 Å². The fraction of sp³-hybridized carbons (Fsp3) is 0.462. The monoisotopic (exact) mass is 276 g/mol. The Morgan fingerprint density at radius 2 is 2.11 bits per heavy atom. The Bertz CT molecular complexity index is 596. The topological polar surface area (TPSA) is 63.8 Å².